The second-order valence-electron chi connectivity index (χ2n) is 19.2. The average molecular weight is 938 g/mol. The van der Waals surface area contributed by atoms with Crippen LogP contribution in [0.15, 0.2) is 206 Å². The van der Waals surface area contributed by atoms with Crippen molar-refractivity contribution in [2.75, 3.05) is 0 Å². The van der Waals surface area contributed by atoms with E-state index in [1.165, 1.54) is 12.1 Å². The molecule has 0 atom stereocenters. The molecule has 0 saturated carbocycles. The standard InChI is InChI=1S/C66H46F3N3/c1-40-10-5-14-44(28-40)49-20-24-55-56-25-21-50(45-15-6-11-41(2)29-45)34-61(56)71(60(55)33-49)64-37-53(48-18-9-19-54(32-48)66(67,68)69)38-65(59(64)39-70)72-62-35-51(46-16-7-12-42(3)30-46)22-26-57(62)58-27-23-52(36-63(58)72)47-17-8-13-43(4)31-47/h5-38H,1-4H3. The van der Waals surface area contributed by atoms with Crippen LogP contribution in [0.25, 0.3) is 111 Å². The van der Waals surface area contributed by atoms with Crippen LogP contribution in [-0.4, -0.2) is 9.13 Å². The van der Waals surface area contributed by atoms with E-state index in [0.717, 1.165) is 116 Å². The van der Waals surface area contributed by atoms with E-state index in [9.17, 15) is 18.4 Å². The van der Waals surface area contributed by atoms with Gasteiger partial charge in [-0.3, -0.25) is 0 Å². The minimum Gasteiger partial charge on any atom is -0.308 e. The number of fused-ring (bicyclic) bond motifs is 6. The smallest absolute Gasteiger partial charge is 0.308 e. The van der Waals surface area contributed by atoms with Crippen molar-refractivity contribution in [3.63, 3.8) is 0 Å². The summed E-state index contributed by atoms with van der Waals surface area (Å²) in [6.45, 7) is 8.31. The number of rotatable bonds is 7. The lowest BCUT2D eigenvalue weighted by atomic mass is 9.98. The van der Waals surface area contributed by atoms with Gasteiger partial charge in [-0.2, -0.15) is 18.4 Å². The maximum Gasteiger partial charge on any atom is 0.416 e. The van der Waals surface area contributed by atoms with Crippen LogP contribution in [0.2, 0.25) is 0 Å². The molecule has 12 rings (SSSR count). The van der Waals surface area contributed by atoms with E-state index >= 15 is 0 Å². The van der Waals surface area contributed by atoms with Gasteiger partial charge in [-0.05, 0) is 132 Å². The lowest BCUT2D eigenvalue weighted by molar-refractivity contribution is -0.137. The molecule has 2 heterocycles. The Balaban J connectivity index is 1.24. The molecule has 6 heteroatoms. The summed E-state index contributed by atoms with van der Waals surface area (Å²) in [6, 6.07) is 71.4. The first-order valence-electron chi connectivity index (χ1n) is 24.1. The van der Waals surface area contributed by atoms with Gasteiger partial charge in [-0.25, -0.2) is 0 Å². The molecule has 0 radical (unpaired) electrons. The predicted octanol–water partition coefficient (Wildman–Crippen LogP) is 18.3. The van der Waals surface area contributed by atoms with Gasteiger partial charge in [-0.1, -0.05) is 180 Å². The molecule has 0 bridgehead atoms. The normalized spacial score (nSPS) is 11.8. The third-order valence-corrected chi connectivity index (χ3v) is 14.2. The second kappa shape index (κ2) is 17.2. The zero-order valence-electron chi connectivity index (χ0n) is 40.1. The van der Waals surface area contributed by atoms with Gasteiger partial charge in [-0.15, -0.1) is 0 Å². The van der Waals surface area contributed by atoms with Crippen molar-refractivity contribution in [1.29, 1.82) is 5.26 Å². The fraction of sp³-hybridized carbons (Fsp3) is 0.0758. The van der Waals surface area contributed by atoms with Crippen LogP contribution in [0.5, 0.6) is 0 Å². The number of halogens is 3. The molecule has 72 heavy (non-hydrogen) atoms. The second-order valence-corrected chi connectivity index (χ2v) is 19.2. The van der Waals surface area contributed by atoms with E-state index in [-0.39, 0.29) is 0 Å². The van der Waals surface area contributed by atoms with Crippen molar-refractivity contribution >= 4 is 43.6 Å². The van der Waals surface area contributed by atoms with Crippen molar-refractivity contribution < 1.29 is 13.2 Å². The van der Waals surface area contributed by atoms with Gasteiger partial charge in [0.25, 0.3) is 0 Å². The average Bonchev–Trinajstić information content (AvgIpc) is 3.89. The van der Waals surface area contributed by atoms with Crippen molar-refractivity contribution in [2.24, 2.45) is 0 Å². The van der Waals surface area contributed by atoms with Crippen LogP contribution in [0.1, 0.15) is 33.4 Å². The summed E-state index contributed by atoms with van der Waals surface area (Å²) in [5, 5.41) is 15.8. The first-order chi connectivity index (χ1) is 34.9. The highest BCUT2D eigenvalue weighted by atomic mass is 19.4. The molecule has 0 unspecified atom stereocenters. The molecule has 0 aliphatic rings. The number of aryl methyl sites for hydroxylation is 4. The van der Waals surface area contributed by atoms with Crippen LogP contribution in [0, 0.1) is 39.0 Å². The third kappa shape index (κ3) is 7.71. The van der Waals surface area contributed by atoms with Crippen LogP contribution >= 0.6 is 0 Å². The maximum atomic E-state index is 14.7. The van der Waals surface area contributed by atoms with Gasteiger partial charge in [0, 0.05) is 21.5 Å². The SMILES string of the molecule is Cc1cccc(-c2ccc3c4ccc(-c5cccc(C)c5)cc4n(-c4cc(-c5cccc(C(F)(F)F)c5)cc(-n5c6cc(-c7cccc(C)c7)ccc6c6ccc(-c7cccc(C)c7)cc65)c4C#N)c3c2)c1. The molecule has 0 saturated heterocycles. The maximum absolute atomic E-state index is 14.7. The Bertz CT molecular complexity index is 3780. The van der Waals surface area contributed by atoms with Gasteiger partial charge < -0.3 is 9.13 Å². The number of nitrogens with zero attached hydrogens (tertiary/aromatic N) is 3. The molecule has 12 aromatic rings. The van der Waals surface area contributed by atoms with Crippen molar-refractivity contribution in [2.45, 2.75) is 33.9 Å². The van der Waals surface area contributed by atoms with Gasteiger partial charge >= 0.3 is 6.18 Å². The topological polar surface area (TPSA) is 33.6 Å². The summed E-state index contributed by atoms with van der Waals surface area (Å²) in [7, 11) is 0. The zero-order chi connectivity index (χ0) is 49.4. The number of aromatic nitrogens is 2. The number of nitriles is 1. The summed E-state index contributed by atoms with van der Waals surface area (Å²) in [6.07, 6.45) is -4.58. The van der Waals surface area contributed by atoms with Crippen molar-refractivity contribution in [1.82, 2.24) is 9.13 Å². The number of hydrogen-bond donors (Lipinski definition) is 0. The molecular formula is C66H46F3N3. The molecular weight excluding hydrogens is 892 g/mol. The molecule has 10 aromatic carbocycles. The lowest BCUT2D eigenvalue weighted by Gasteiger charge is -2.19. The van der Waals surface area contributed by atoms with E-state index in [0.29, 0.717) is 28.1 Å². The fourth-order valence-electron chi connectivity index (χ4n) is 10.7. The van der Waals surface area contributed by atoms with Gasteiger partial charge in [0.05, 0.1) is 39.0 Å². The molecule has 2 aromatic heterocycles. The summed E-state index contributed by atoms with van der Waals surface area (Å²) < 4.78 is 48.3. The summed E-state index contributed by atoms with van der Waals surface area (Å²) in [4.78, 5) is 0. The van der Waals surface area contributed by atoms with Gasteiger partial charge in [0.1, 0.15) is 11.6 Å². The van der Waals surface area contributed by atoms with Crippen molar-refractivity contribution in [3.05, 3.63) is 240 Å². The summed E-state index contributed by atoms with van der Waals surface area (Å²) >= 11 is 0. The molecule has 3 nitrogen and oxygen atoms in total. The Labute approximate surface area is 415 Å². The Morgan fingerprint density at radius 1 is 0.333 bits per heavy atom. The first kappa shape index (κ1) is 44.3. The van der Waals surface area contributed by atoms with Crippen LogP contribution in [0.3, 0.4) is 0 Å². The first-order valence-corrected chi connectivity index (χ1v) is 24.1. The highest BCUT2D eigenvalue weighted by Crippen LogP contribution is 2.44. The lowest BCUT2D eigenvalue weighted by Crippen LogP contribution is -2.06. The monoisotopic (exact) mass is 937 g/mol. The predicted molar refractivity (Wildman–Crippen MR) is 291 cm³/mol. The number of hydrogen-bond acceptors (Lipinski definition) is 1. The minimum absolute atomic E-state index is 0.368. The molecule has 0 fully saturated rings. The Morgan fingerprint density at radius 2 is 0.625 bits per heavy atom. The Morgan fingerprint density at radius 3 is 0.917 bits per heavy atom. The van der Waals surface area contributed by atoms with Gasteiger partial charge in [0.15, 0.2) is 0 Å². The highest BCUT2D eigenvalue weighted by Gasteiger charge is 2.31. The zero-order valence-corrected chi connectivity index (χ0v) is 40.1. The van der Waals surface area contributed by atoms with E-state index in [2.05, 4.69) is 213 Å². The Kier molecular flexibility index (Phi) is 10.6. The fourth-order valence-corrected chi connectivity index (χ4v) is 10.7. The van der Waals surface area contributed by atoms with Gasteiger partial charge in [0.2, 0.25) is 0 Å². The quantitative estimate of drug-likeness (QED) is 0.157. The van der Waals surface area contributed by atoms with Crippen LogP contribution in [0.4, 0.5) is 13.2 Å². The number of benzene rings is 10. The van der Waals surface area contributed by atoms with Crippen LogP contribution < -0.4 is 0 Å². The van der Waals surface area contributed by atoms with E-state index in [1.807, 2.05) is 12.1 Å². The summed E-state index contributed by atoms with van der Waals surface area (Å²) in [5.74, 6) is 0. The molecule has 0 N–H and O–H groups in total. The van der Waals surface area contributed by atoms with Crippen LogP contribution in [-0.2, 0) is 6.18 Å². The highest BCUT2D eigenvalue weighted by molar-refractivity contribution is 6.13. The van der Waals surface area contributed by atoms with E-state index in [4.69, 9.17) is 0 Å². The Hall–Kier alpha value is -8.92. The summed E-state index contributed by atoms with van der Waals surface area (Å²) in [5.41, 5.74) is 17.8. The van der Waals surface area contributed by atoms with E-state index < -0.39 is 11.7 Å². The third-order valence-electron chi connectivity index (χ3n) is 14.2. The molecule has 0 aliphatic heterocycles. The number of alkyl halides is 3. The van der Waals surface area contributed by atoms with E-state index in [1.54, 1.807) is 6.07 Å². The minimum atomic E-state index is -4.58. The molecule has 0 amide bonds. The largest absolute Gasteiger partial charge is 0.416 e. The molecule has 0 spiro atoms. The van der Waals surface area contributed by atoms with Crippen molar-refractivity contribution in [3.8, 4) is 73.1 Å². The molecule has 0 aliphatic carbocycles. The molecule has 346 valence electrons.